The molecule has 2 aliphatic heterocycles. The van der Waals surface area contributed by atoms with Gasteiger partial charge in [0.25, 0.3) is 0 Å². The molecule has 2 saturated heterocycles. The first-order valence-electron chi connectivity index (χ1n) is 6.70. The molecule has 0 aromatic carbocycles. The molecule has 2 atom stereocenters. The van der Waals surface area contributed by atoms with Gasteiger partial charge >= 0.3 is 5.97 Å². The monoisotopic (exact) mass is 262 g/mol. The van der Waals surface area contributed by atoms with Crippen LogP contribution in [0.2, 0.25) is 0 Å². The number of aliphatic hydroxyl groups is 1. The summed E-state index contributed by atoms with van der Waals surface area (Å²) in [5.41, 5.74) is 1.35. The first-order valence-corrected chi connectivity index (χ1v) is 6.70. The molecule has 102 valence electrons. The van der Waals surface area contributed by atoms with E-state index in [1.807, 2.05) is 6.07 Å². The number of hydrogen-bond acceptors (Lipinski definition) is 5. The van der Waals surface area contributed by atoms with E-state index < -0.39 is 5.97 Å². The predicted molar refractivity (Wildman–Crippen MR) is 70.1 cm³/mol. The molecular weight excluding hydrogens is 244 g/mol. The average molecular weight is 262 g/mol. The van der Waals surface area contributed by atoms with Crippen LogP contribution in [0.1, 0.15) is 36.2 Å². The molecule has 1 N–H and O–H groups in total. The Morgan fingerprint density at radius 1 is 1.42 bits per heavy atom. The van der Waals surface area contributed by atoms with E-state index in [1.54, 1.807) is 12.3 Å². The van der Waals surface area contributed by atoms with Crippen molar-refractivity contribution in [3.63, 3.8) is 0 Å². The topological polar surface area (TPSA) is 62.7 Å². The maximum Gasteiger partial charge on any atom is 0.356 e. The molecule has 2 bridgehead atoms. The van der Waals surface area contributed by atoms with Gasteiger partial charge in [-0.25, -0.2) is 9.78 Å². The molecule has 5 heteroatoms. The van der Waals surface area contributed by atoms with Crippen LogP contribution in [0.4, 0.5) is 5.69 Å². The van der Waals surface area contributed by atoms with Crippen molar-refractivity contribution in [2.45, 2.75) is 43.9 Å². The lowest BCUT2D eigenvalue weighted by Crippen LogP contribution is -2.44. The molecular formula is C14H18N2O3. The number of hydrogen-bond donors (Lipinski definition) is 1. The van der Waals surface area contributed by atoms with Gasteiger partial charge < -0.3 is 14.7 Å². The molecule has 2 fully saturated rings. The van der Waals surface area contributed by atoms with Crippen LogP contribution in [0.5, 0.6) is 0 Å². The molecule has 0 radical (unpaired) electrons. The Bertz CT molecular complexity index is 477. The summed E-state index contributed by atoms with van der Waals surface area (Å²) >= 11 is 0. The van der Waals surface area contributed by atoms with Crippen molar-refractivity contribution < 1.29 is 14.6 Å². The first-order chi connectivity index (χ1) is 9.19. The number of ether oxygens (including phenoxy) is 1. The van der Waals surface area contributed by atoms with Gasteiger partial charge in [0.05, 0.1) is 13.2 Å². The van der Waals surface area contributed by atoms with Crippen molar-refractivity contribution in [2.75, 3.05) is 12.0 Å². The number of aromatic nitrogens is 1. The maximum absolute atomic E-state index is 11.5. The summed E-state index contributed by atoms with van der Waals surface area (Å²) in [4.78, 5) is 17.9. The first kappa shape index (κ1) is 12.4. The van der Waals surface area contributed by atoms with Gasteiger partial charge in [-0.3, -0.25) is 0 Å². The number of anilines is 1. The van der Waals surface area contributed by atoms with E-state index in [1.165, 1.54) is 7.11 Å². The van der Waals surface area contributed by atoms with Crippen molar-refractivity contribution in [3.8, 4) is 0 Å². The molecule has 3 heterocycles. The van der Waals surface area contributed by atoms with Gasteiger partial charge in [0, 0.05) is 24.0 Å². The van der Waals surface area contributed by atoms with E-state index in [4.69, 9.17) is 4.74 Å². The van der Waals surface area contributed by atoms with E-state index in [-0.39, 0.29) is 6.10 Å². The van der Waals surface area contributed by atoms with Crippen LogP contribution in [0.15, 0.2) is 18.3 Å². The Balaban J connectivity index is 1.89. The largest absolute Gasteiger partial charge is 0.464 e. The van der Waals surface area contributed by atoms with Crippen molar-refractivity contribution >= 4 is 11.7 Å². The summed E-state index contributed by atoms with van der Waals surface area (Å²) in [6.07, 6.45) is 5.30. The fourth-order valence-electron chi connectivity index (χ4n) is 3.37. The average Bonchev–Trinajstić information content (AvgIpc) is 2.70. The molecule has 3 rings (SSSR count). The lowest BCUT2D eigenvalue weighted by molar-refractivity contribution is 0.0594. The van der Waals surface area contributed by atoms with Gasteiger partial charge in [0.2, 0.25) is 0 Å². The highest BCUT2D eigenvalue weighted by Gasteiger charge is 2.40. The van der Waals surface area contributed by atoms with Crippen LogP contribution in [0.25, 0.3) is 0 Å². The SMILES string of the molecule is COC(=O)c1cc(N2C3CCC2CC(O)C3)ccn1. The molecule has 5 nitrogen and oxygen atoms in total. The molecule has 1 aromatic rings. The second-order valence-corrected chi connectivity index (χ2v) is 5.31. The third-order valence-electron chi connectivity index (χ3n) is 4.14. The quantitative estimate of drug-likeness (QED) is 0.815. The van der Waals surface area contributed by atoms with Crippen LogP contribution in [0.3, 0.4) is 0 Å². The minimum absolute atomic E-state index is 0.185. The van der Waals surface area contributed by atoms with Gasteiger partial charge in [-0.05, 0) is 37.8 Å². The zero-order chi connectivity index (χ0) is 13.4. The number of nitrogens with zero attached hydrogens (tertiary/aromatic N) is 2. The summed E-state index contributed by atoms with van der Waals surface area (Å²) in [5.74, 6) is -0.411. The number of esters is 1. The second-order valence-electron chi connectivity index (χ2n) is 5.31. The van der Waals surface area contributed by atoms with Crippen LogP contribution in [-0.4, -0.2) is 41.4 Å². The Hall–Kier alpha value is -1.62. The van der Waals surface area contributed by atoms with Crippen LogP contribution >= 0.6 is 0 Å². The predicted octanol–water partition coefficient (Wildman–Crippen LogP) is 1.36. The number of pyridine rings is 1. The Labute approximate surface area is 112 Å². The molecule has 19 heavy (non-hydrogen) atoms. The summed E-state index contributed by atoms with van der Waals surface area (Å²) in [6, 6.07) is 4.47. The van der Waals surface area contributed by atoms with Gasteiger partial charge in [-0.1, -0.05) is 0 Å². The molecule has 2 unspecified atom stereocenters. The lowest BCUT2D eigenvalue weighted by Gasteiger charge is -2.39. The zero-order valence-electron chi connectivity index (χ0n) is 11.0. The Morgan fingerprint density at radius 3 is 2.74 bits per heavy atom. The summed E-state index contributed by atoms with van der Waals surface area (Å²) in [6.45, 7) is 0. The number of aliphatic hydroxyl groups excluding tert-OH is 1. The van der Waals surface area contributed by atoms with Gasteiger partial charge in [0.15, 0.2) is 0 Å². The van der Waals surface area contributed by atoms with E-state index in [2.05, 4.69) is 9.88 Å². The second kappa shape index (κ2) is 4.81. The highest BCUT2D eigenvalue weighted by molar-refractivity contribution is 5.88. The Morgan fingerprint density at radius 2 is 2.11 bits per heavy atom. The summed E-state index contributed by atoms with van der Waals surface area (Å²) in [7, 11) is 1.36. The number of methoxy groups -OCH3 is 1. The van der Waals surface area contributed by atoms with E-state index >= 15 is 0 Å². The highest BCUT2D eigenvalue weighted by atomic mass is 16.5. The molecule has 0 amide bonds. The third kappa shape index (κ3) is 2.18. The summed E-state index contributed by atoms with van der Waals surface area (Å²) < 4.78 is 4.70. The van der Waals surface area contributed by atoms with Gasteiger partial charge in [-0.2, -0.15) is 0 Å². The molecule has 0 saturated carbocycles. The normalized spacial score (nSPS) is 29.4. The molecule has 2 aliphatic rings. The van der Waals surface area contributed by atoms with Crippen molar-refractivity contribution in [2.24, 2.45) is 0 Å². The van der Waals surface area contributed by atoms with Gasteiger partial charge in [0.1, 0.15) is 5.69 Å². The van der Waals surface area contributed by atoms with Crippen molar-refractivity contribution in [1.29, 1.82) is 0 Å². The van der Waals surface area contributed by atoms with E-state index in [9.17, 15) is 9.90 Å². The van der Waals surface area contributed by atoms with E-state index in [0.29, 0.717) is 17.8 Å². The molecule has 0 spiro atoms. The smallest absolute Gasteiger partial charge is 0.356 e. The van der Waals surface area contributed by atoms with Crippen LogP contribution in [0, 0.1) is 0 Å². The van der Waals surface area contributed by atoms with Crippen molar-refractivity contribution in [1.82, 2.24) is 4.98 Å². The molecule has 0 aliphatic carbocycles. The minimum Gasteiger partial charge on any atom is -0.464 e. The van der Waals surface area contributed by atoms with Crippen LogP contribution in [-0.2, 0) is 4.74 Å². The molecule has 1 aromatic heterocycles. The van der Waals surface area contributed by atoms with E-state index in [0.717, 1.165) is 31.4 Å². The standard InChI is InChI=1S/C14H18N2O3/c1-19-14(18)13-8-11(4-5-15-13)16-9-2-3-10(16)7-12(17)6-9/h4-5,8-10,12,17H,2-3,6-7H2,1H3. The zero-order valence-corrected chi connectivity index (χ0v) is 11.0. The van der Waals surface area contributed by atoms with Gasteiger partial charge in [-0.15, -0.1) is 0 Å². The highest BCUT2D eigenvalue weighted by Crippen LogP contribution is 2.39. The fraction of sp³-hybridized carbons (Fsp3) is 0.571. The number of rotatable bonds is 2. The third-order valence-corrected chi connectivity index (χ3v) is 4.14. The lowest BCUT2D eigenvalue weighted by atomic mass is 9.99. The number of carbonyl (C=O) groups excluding carboxylic acids is 1. The Kier molecular flexibility index (Phi) is 3.14. The fourth-order valence-corrected chi connectivity index (χ4v) is 3.37. The number of carbonyl (C=O) groups is 1. The number of fused-ring (bicyclic) bond motifs is 2. The number of piperidine rings is 1. The summed E-state index contributed by atoms with van der Waals surface area (Å²) in [5, 5.41) is 9.82. The van der Waals surface area contributed by atoms with Crippen molar-refractivity contribution in [3.05, 3.63) is 24.0 Å². The minimum atomic E-state index is -0.411. The van der Waals surface area contributed by atoms with Crippen LogP contribution < -0.4 is 4.90 Å². The maximum atomic E-state index is 11.5.